The summed E-state index contributed by atoms with van der Waals surface area (Å²) in [4.78, 5) is 25.0. The lowest BCUT2D eigenvalue weighted by Crippen LogP contribution is -2.48. The summed E-state index contributed by atoms with van der Waals surface area (Å²) >= 11 is 17.5. The summed E-state index contributed by atoms with van der Waals surface area (Å²) < 4.78 is 7.81. The standard InChI is InChI=1S/C12H18Cl3NO4/c1-11(2,3)5-6-16-7(8(17)19-4)9(18)20-10(16)12(13,14)15/h7,10H,5-6H2,1-4H3. The molecule has 1 aliphatic heterocycles. The van der Waals surface area contributed by atoms with Crippen molar-refractivity contribution in [1.82, 2.24) is 4.90 Å². The molecule has 0 spiro atoms. The van der Waals surface area contributed by atoms with Crippen molar-refractivity contribution in [3.05, 3.63) is 0 Å². The first-order valence-corrected chi connectivity index (χ1v) is 7.21. The molecule has 0 amide bonds. The lowest BCUT2D eigenvalue weighted by molar-refractivity contribution is -0.152. The molecule has 0 bridgehead atoms. The van der Waals surface area contributed by atoms with E-state index in [1.54, 1.807) is 0 Å². The highest BCUT2D eigenvalue weighted by Gasteiger charge is 2.54. The van der Waals surface area contributed by atoms with Gasteiger partial charge in [-0.3, -0.25) is 0 Å². The maximum absolute atomic E-state index is 11.8. The SMILES string of the molecule is COC(=O)C1C(=O)OC(C(Cl)(Cl)Cl)N1CCC(C)(C)C. The Balaban J connectivity index is 2.98. The van der Waals surface area contributed by atoms with Gasteiger partial charge in [0, 0.05) is 6.54 Å². The Hall–Kier alpha value is -0.230. The van der Waals surface area contributed by atoms with E-state index in [1.807, 2.05) is 20.8 Å². The molecule has 1 heterocycles. The van der Waals surface area contributed by atoms with Gasteiger partial charge >= 0.3 is 11.9 Å². The molecule has 0 aromatic carbocycles. The Morgan fingerprint density at radius 1 is 1.35 bits per heavy atom. The van der Waals surface area contributed by atoms with E-state index in [0.29, 0.717) is 13.0 Å². The van der Waals surface area contributed by atoms with Crippen LogP contribution in [-0.2, 0) is 19.1 Å². The highest BCUT2D eigenvalue weighted by atomic mass is 35.6. The van der Waals surface area contributed by atoms with Crippen molar-refractivity contribution in [2.75, 3.05) is 13.7 Å². The highest BCUT2D eigenvalue weighted by molar-refractivity contribution is 6.68. The molecule has 0 aliphatic carbocycles. The van der Waals surface area contributed by atoms with Gasteiger partial charge in [-0.15, -0.1) is 0 Å². The Morgan fingerprint density at radius 2 is 1.90 bits per heavy atom. The molecular formula is C12H18Cl3NO4. The number of cyclic esters (lactones) is 1. The van der Waals surface area contributed by atoms with Gasteiger partial charge in [0.05, 0.1) is 7.11 Å². The van der Waals surface area contributed by atoms with Crippen molar-refractivity contribution in [2.24, 2.45) is 5.41 Å². The van der Waals surface area contributed by atoms with Crippen LogP contribution in [0.5, 0.6) is 0 Å². The van der Waals surface area contributed by atoms with Gasteiger partial charge in [-0.25, -0.2) is 14.5 Å². The molecule has 1 aliphatic rings. The topological polar surface area (TPSA) is 55.8 Å². The fourth-order valence-corrected chi connectivity index (χ4v) is 2.33. The van der Waals surface area contributed by atoms with Crippen molar-refractivity contribution in [3.63, 3.8) is 0 Å². The van der Waals surface area contributed by atoms with E-state index in [-0.39, 0.29) is 5.41 Å². The molecule has 20 heavy (non-hydrogen) atoms. The predicted molar refractivity (Wildman–Crippen MR) is 76.8 cm³/mol. The second kappa shape index (κ2) is 6.26. The normalized spacial score (nSPS) is 24.6. The number of halogens is 3. The highest BCUT2D eigenvalue weighted by Crippen LogP contribution is 2.39. The second-order valence-electron chi connectivity index (χ2n) is 5.81. The van der Waals surface area contributed by atoms with Crippen LogP contribution in [0.2, 0.25) is 0 Å². The van der Waals surface area contributed by atoms with Gasteiger partial charge in [-0.2, -0.15) is 0 Å². The van der Waals surface area contributed by atoms with Gasteiger partial charge < -0.3 is 9.47 Å². The fourth-order valence-electron chi connectivity index (χ4n) is 1.82. The van der Waals surface area contributed by atoms with E-state index in [0.717, 1.165) is 0 Å². The van der Waals surface area contributed by atoms with Gasteiger partial charge in [-0.1, -0.05) is 55.6 Å². The molecule has 116 valence electrons. The summed E-state index contributed by atoms with van der Waals surface area (Å²) in [6.07, 6.45) is -0.416. The Labute approximate surface area is 133 Å². The average molecular weight is 347 g/mol. The summed E-state index contributed by atoms with van der Waals surface area (Å²) in [6.45, 7) is 6.46. The number of methoxy groups -OCH3 is 1. The lowest BCUT2D eigenvalue weighted by atomic mass is 9.92. The Morgan fingerprint density at radius 3 is 2.30 bits per heavy atom. The summed E-state index contributed by atoms with van der Waals surface area (Å²) in [5, 5.41) is 0. The molecule has 2 atom stereocenters. The number of rotatable bonds is 3. The van der Waals surface area contributed by atoms with Gasteiger partial charge in [0.2, 0.25) is 16.1 Å². The van der Waals surface area contributed by atoms with E-state index in [9.17, 15) is 9.59 Å². The smallest absolute Gasteiger partial charge is 0.336 e. The first-order valence-electron chi connectivity index (χ1n) is 6.08. The molecule has 0 saturated carbocycles. The number of nitrogens with zero attached hydrogens (tertiary/aromatic N) is 1. The predicted octanol–water partition coefficient (Wildman–Crippen LogP) is 2.52. The van der Waals surface area contributed by atoms with Crippen LogP contribution in [0.1, 0.15) is 27.2 Å². The van der Waals surface area contributed by atoms with E-state index < -0.39 is 28.0 Å². The molecule has 0 radical (unpaired) electrons. The van der Waals surface area contributed by atoms with Crippen LogP contribution in [0.25, 0.3) is 0 Å². The minimum absolute atomic E-state index is 0.00947. The fraction of sp³-hybridized carbons (Fsp3) is 0.833. The summed E-state index contributed by atoms with van der Waals surface area (Å²) in [6, 6.07) is -1.19. The largest absolute Gasteiger partial charge is 0.467 e. The van der Waals surface area contributed by atoms with Crippen LogP contribution >= 0.6 is 34.8 Å². The minimum atomic E-state index is -1.84. The molecule has 1 rings (SSSR count). The van der Waals surface area contributed by atoms with Crippen molar-refractivity contribution < 1.29 is 19.1 Å². The lowest BCUT2D eigenvalue weighted by Gasteiger charge is -2.31. The first-order chi connectivity index (χ1) is 8.97. The van der Waals surface area contributed by atoms with Crippen molar-refractivity contribution in [1.29, 1.82) is 0 Å². The van der Waals surface area contributed by atoms with E-state index in [4.69, 9.17) is 39.5 Å². The molecule has 0 aromatic rings. The summed E-state index contributed by atoms with van der Waals surface area (Å²) in [7, 11) is 1.19. The zero-order valence-corrected chi connectivity index (χ0v) is 14.1. The number of ether oxygens (including phenoxy) is 2. The number of carbonyl (C=O) groups is 2. The molecule has 0 N–H and O–H groups in total. The van der Waals surface area contributed by atoms with Crippen LogP contribution in [0.4, 0.5) is 0 Å². The number of hydrogen-bond acceptors (Lipinski definition) is 5. The monoisotopic (exact) mass is 345 g/mol. The molecule has 1 saturated heterocycles. The zero-order chi connectivity index (χ0) is 15.7. The van der Waals surface area contributed by atoms with Crippen LogP contribution in [0.15, 0.2) is 0 Å². The third kappa shape index (κ3) is 4.38. The molecular weight excluding hydrogens is 328 g/mol. The Bertz CT molecular complexity index is 389. The van der Waals surface area contributed by atoms with Gasteiger partial charge in [0.25, 0.3) is 0 Å². The number of hydrogen-bond donors (Lipinski definition) is 0. The van der Waals surface area contributed by atoms with Gasteiger partial charge in [0.15, 0.2) is 0 Å². The van der Waals surface area contributed by atoms with E-state index in [1.165, 1.54) is 12.0 Å². The van der Waals surface area contributed by atoms with Crippen LogP contribution in [-0.4, -0.2) is 46.6 Å². The van der Waals surface area contributed by atoms with Gasteiger partial charge in [0.1, 0.15) is 0 Å². The maximum atomic E-state index is 11.8. The second-order valence-corrected chi connectivity index (χ2v) is 8.17. The van der Waals surface area contributed by atoms with Crippen molar-refractivity contribution >= 4 is 46.7 Å². The number of alkyl halides is 3. The average Bonchev–Trinajstić information content (AvgIpc) is 2.61. The molecule has 1 fully saturated rings. The minimum Gasteiger partial charge on any atom is -0.467 e. The van der Waals surface area contributed by atoms with Crippen LogP contribution in [0.3, 0.4) is 0 Å². The Kier molecular flexibility index (Phi) is 5.58. The zero-order valence-electron chi connectivity index (χ0n) is 11.8. The molecule has 2 unspecified atom stereocenters. The first kappa shape index (κ1) is 17.8. The summed E-state index contributed by atoms with van der Waals surface area (Å²) in [5.74, 6) is -1.48. The van der Waals surface area contributed by atoms with Crippen LogP contribution < -0.4 is 0 Å². The third-order valence-electron chi connectivity index (χ3n) is 2.91. The van der Waals surface area contributed by atoms with E-state index >= 15 is 0 Å². The quantitative estimate of drug-likeness (QED) is 0.446. The van der Waals surface area contributed by atoms with Crippen LogP contribution in [0, 0.1) is 5.41 Å². The van der Waals surface area contributed by atoms with E-state index in [2.05, 4.69) is 4.74 Å². The number of carbonyl (C=O) groups excluding carboxylic acids is 2. The molecule has 5 nitrogen and oxygen atoms in total. The maximum Gasteiger partial charge on any atom is 0.336 e. The number of esters is 2. The van der Waals surface area contributed by atoms with Gasteiger partial charge in [-0.05, 0) is 11.8 Å². The summed E-state index contributed by atoms with van der Waals surface area (Å²) in [5.41, 5.74) is -0.00947. The molecule has 0 aromatic heterocycles. The third-order valence-corrected chi connectivity index (χ3v) is 3.47. The van der Waals surface area contributed by atoms with Crippen molar-refractivity contribution in [3.8, 4) is 0 Å². The van der Waals surface area contributed by atoms with Crippen molar-refractivity contribution in [2.45, 2.75) is 43.3 Å². The molecule has 8 heteroatoms.